The number of benzene rings is 2. The third-order valence-corrected chi connectivity index (χ3v) is 3.17. The van der Waals surface area contributed by atoms with E-state index < -0.39 is 0 Å². The summed E-state index contributed by atoms with van der Waals surface area (Å²) in [7, 11) is 0. The largest absolute Gasteiger partial charge is 0.507 e. The fourth-order valence-corrected chi connectivity index (χ4v) is 2.00. The van der Waals surface area contributed by atoms with Crippen molar-refractivity contribution in [2.24, 2.45) is 0 Å². The van der Waals surface area contributed by atoms with Crippen molar-refractivity contribution in [3.8, 4) is 17.2 Å². The molecule has 0 unspecified atom stereocenters. The van der Waals surface area contributed by atoms with Gasteiger partial charge in [-0.15, -0.1) is 0 Å². The van der Waals surface area contributed by atoms with Gasteiger partial charge in [0.1, 0.15) is 17.2 Å². The zero-order chi connectivity index (χ0) is 15.8. The molecule has 4 nitrogen and oxygen atoms in total. The number of unbranched alkanes of at least 4 members (excludes halogenated alkanes) is 1. The number of Topliss-reactive ketones (excluding diaryl/α,β-unsaturated/α-hetero) is 1. The second-order valence-electron chi connectivity index (χ2n) is 4.95. The Balaban J connectivity index is 1.66. The summed E-state index contributed by atoms with van der Waals surface area (Å²) >= 11 is 0. The summed E-state index contributed by atoms with van der Waals surface area (Å²) in [6, 6.07) is 14.4. The monoisotopic (exact) mass is 300 g/mol. The zero-order valence-corrected chi connectivity index (χ0v) is 12.6. The number of ketones is 1. The van der Waals surface area contributed by atoms with Crippen LogP contribution in [0.5, 0.6) is 17.2 Å². The van der Waals surface area contributed by atoms with Gasteiger partial charge in [-0.05, 0) is 44.0 Å². The smallest absolute Gasteiger partial charge is 0.163 e. The molecule has 0 spiro atoms. The average Bonchev–Trinajstić information content (AvgIpc) is 2.51. The highest BCUT2D eigenvalue weighted by molar-refractivity contribution is 5.96. The molecular weight excluding hydrogens is 280 g/mol. The summed E-state index contributed by atoms with van der Waals surface area (Å²) < 4.78 is 11.1. The second-order valence-corrected chi connectivity index (χ2v) is 4.95. The van der Waals surface area contributed by atoms with Crippen LogP contribution in [-0.2, 0) is 0 Å². The van der Waals surface area contributed by atoms with Crippen LogP contribution in [-0.4, -0.2) is 24.1 Å². The highest BCUT2D eigenvalue weighted by Crippen LogP contribution is 2.24. The van der Waals surface area contributed by atoms with E-state index in [0.717, 1.165) is 18.6 Å². The lowest BCUT2D eigenvalue weighted by Gasteiger charge is -2.09. The van der Waals surface area contributed by atoms with Crippen LogP contribution in [0.2, 0.25) is 0 Å². The molecule has 22 heavy (non-hydrogen) atoms. The molecule has 0 radical (unpaired) electrons. The number of phenolic OH excluding ortho intramolecular Hbond substituents is 1. The van der Waals surface area contributed by atoms with Gasteiger partial charge in [0.2, 0.25) is 0 Å². The van der Waals surface area contributed by atoms with Crippen molar-refractivity contribution in [1.29, 1.82) is 0 Å². The number of hydrogen-bond acceptors (Lipinski definition) is 4. The molecule has 2 aromatic rings. The highest BCUT2D eigenvalue weighted by atomic mass is 16.5. The average molecular weight is 300 g/mol. The Hall–Kier alpha value is -2.49. The number of hydrogen-bond donors (Lipinski definition) is 1. The number of ether oxygens (including phenoxy) is 2. The Bertz CT molecular complexity index is 608. The lowest BCUT2D eigenvalue weighted by atomic mass is 10.1. The van der Waals surface area contributed by atoms with Gasteiger partial charge in [-0.2, -0.15) is 0 Å². The van der Waals surface area contributed by atoms with E-state index in [1.165, 1.54) is 13.0 Å². The van der Waals surface area contributed by atoms with Crippen LogP contribution in [0.25, 0.3) is 0 Å². The fourth-order valence-electron chi connectivity index (χ4n) is 2.00. The molecule has 1 N–H and O–H groups in total. The predicted molar refractivity (Wildman–Crippen MR) is 84.8 cm³/mol. The van der Waals surface area contributed by atoms with Gasteiger partial charge >= 0.3 is 0 Å². The number of para-hydroxylation sites is 1. The van der Waals surface area contributed by atoms with Gasteiger partial charge in [-0.1, -0.05) is 18.2 Å². The van der Waals surface area contributed by atoms with E-state index in [-0.39, 0.29) is 11.5 Å². The second kappa shape index (κ2) is 8.08. The zero-order valence-electron chi connectivity index (χ0n) is 12.6. The number of aromatic hydroxyl groups is 1. The molecule has 0 amide bonds. The fraction of sp³-hybridized carbons (Fsp3) is 0.278. The predicted octanol–water partition coefficient (Wildman–Crippen LogP) is 3.83. The van der Waals surface area contributed by atoms with Crippen LogP contribution in [0.15, 0.2) is 48.5 Å². The Labute approximate surface area is 130 Å². The molecule has 4 heteroatoms. The van der Waals surface area contributed by atoms with Crippen molar-refractivity contribution in [1.82, 2.24) is 0 Å². The third-order valence-electron chi connectivity index (χ3n) is 3.17. The van der Waals surface area contributed by atoms with Crippen molar-refractivity contribution in [3.05, 3.63) is 54.1 Å². The molecule has 0 saturated carbocycles. The van der Waals surface area contributed by atoms with Gasteiger partial charge in [0.05, 0.1) is 18.8 Å². The molecule has 0 aliphatic carbocycles. The highest BCUT2D eigenvalue weighted by Gasteiger charge is 2.07. The summed E-state index contributed by atoms with van der Waals surface area (Å²) in [6.07, 6.45) is 1.73. The van der Waals surface area contributed by atoms with Crippen molar-refractivity contribution in [2.45, 2.75) is 19.8 Å². The number of carbonyl (C=O) groups is 1. The first-order valence-corrected chi connectivity index (χ1v) is 7.31. The Morgan fingerprint density at radius 3 is 2.18 bits per heavy atom. The number of phenols is 1. The van der Waals surface area contributed by atoms with Crippen LogP contribution in [0.4, 0.5) is 0 Å². The number of carbonyl (C=O) groups excluding carboxylic acids is 1. The molecule has 0 atom stereocenters. The molecular formula is C18H20O4. The third kappa shape index (κ3) is 4.81. The molecule has 0 fully saturated rings. The minimum Gasteiger partial charge on any atom is -0.507 e. The molecule has 0 aliphatic rings. The molecule has 2 rings (SSSR count). The quantitative estimate of drug-likeness (QED) is 0.594. The maximum atomic E-state index is 11.2. The summed E-state index contributed by atoms with van der Waals surface area (Å²) in [5.41, 5.74) is 0.309. The van der Waals surface area contributed by atoms with Crippen molar-refractivity contribution < 1.29 is 19.4 Å². The minimum absolute atomic E-state index is 0.0441. The molecule has 116 valence electrons. The molecule has 0 saturated heterocycles. The van der Waals surface area contributed by atoms with E-state index in [1.54, 1.807) is 12.1 Å². The number of rotatable bonds is 8. The first kappa shape index (κ1) is 15.9. The SMILES string of the molecule is CC(=O)c1ccc(OCCCCOc2ccccc2)cc1O. The van der Waals surface area contributed by atoms with Crippen LogP contribution >= 0.6 is 0 Å². The van der Waals surface area contributed by atoms with Gasteiger partial charge < -0.3 is 14.6 Å². The van der Waals surface area contributed by atoms with Gasteiger partial charge in [0.15, 0.2) is 5.78 Å². The van der Waals surface area contributed by atoms with E-state index in [0.29, 0.717) is 24.5 Å². The lowest BCUT2D eigenvalue weighted by molar-refractivity contribution is 0.101. The van der Waals surface area contributed by atoms with Gasteiger partial charge in [0, 0.05) is 6.07 Å². The summed E-state index contributed by atoms with van der Waals surface area (Å²) in [4.78, 5) is 11.2. The summed E-state index contributed by atoms with van der Waals surface area (Å²) in [6.45, 7) is 2.60. The molecule has 0 bridgehead atoms. The van der Waals surface area contributed by atoms with Crippen LogP contribution in [0.3, 0.4) is 0 Å². The maximum absolute atomic E-state index is 11.2. The van der Waals surface area contributed by atoms with Crippen molar-refractivity contribution in [2.75, 3.05) is 13.2 Å². The molecule has 0 aliphatic heterocycles. The summed E-state index contributed by atoms with van der Waals surface area (Å²) in [5, 5.41) is 9.71. The first-order valence-electron chi connectivity index (χ1n) is 7.31. The molecule has 0 heterocycles. The topological polar surface area (TPSA) is 55.8 Å². The van der Waals surface area contributed by atoms with Crippen molar-refractivity contribution in [3.63, 3.8) is 0 Å². The normalized spacial score (nSPS) is 10.2. The van der Waals surface area contributed by atoms with Crippen LogP contribution < -0.4 is 9.47 Å². The Kier molecular flexibility index (Phi) is 5.83. The van der Waals surface area contributed by atoms with Crippen LogP contribution in [0, 0.1) is 0 Å². The Morgan fingerprint density at radius 2 is 1.59 bits per heavy atom. The first-order chi connectivity index (χ1) is 10.7. The van der Waals surface area contributed by atoms with E-state index in [9.17, 15) is 9.90 Å². The molecule has 0 aromatic heterocycles. The molecule has 2 aromatic carbocycles. The van der Waals surface area contributed by atoms with E-state index in [1.807, 2.05) is 30.3 Å². The van der Waals surface area contributed by atoms with E-state index in [4.69, 9.17) is 9.47 Å². The minimum atomic E-state index is -0.165. The van der Waals surface area contributed by atoms with Gasteiger partial charge in [-0.3, -0.25) is 4.79 Å². The Morgan fingerprint density at radius 1 is 0.955 bits per heavy atom. The standard InChI is InChI=1S/C18H20O4/c1-14(19)17-10-9-16(13-18(17)20)22-12-6-5-11-21-15-7-3-2-4-8-15/h2-4,7-10,13,20H,5-6,11-12H2,1H3. The van der Waals surface area contributed by atoms with Crippen LogP contribution in [0.1, 0.15) is 30.1 Å². The summed E-state index contributed by atoms with van der Waals surface area (Å²) in [5.74, 6) is 1.22. The maximum Gasteiger partial charge on any atom is 0.163 e. The van der Waals surface area contributed by atoms with E-state index >= 15 is 0 Å². The van der Waals surface area contributed by atoms with Crippen molar-refractivity contribution >= 4 is 5.78 Å². The van der Waals surface area contributed by atoms with Gasteiger partial charge in [0.25, 0.3) is 0 Å². The van der Waals surface area contributed by atoms with Gasteiger partial charge in [-0.25, -0.2) is 0 Å². The lowest BCUT2D eigenvalue weighted by Crippen LogP contribution is -2.03. The van der Waals surface area contributed by atoms with E-state index in [2.05, 4.69) is 0 Å².